The van der Waals surface area contributed by atoms with E-state index in [0.29, 0.717) is 25.4 Å². The Labute approximate surface area is 172 Å². The molecule has 1 N–H and O–H groups in total. The molecular weight excluding hydrogens is 368 g/mol. The summed E-state index contributed by atoms with van der Waals surface area (Å²) in [5, 5.41) is 2.87. The fourth-order valence-corrected chi connectivity index (χ4v) is 5.04. The third-order valence-electron chi connectivity index (χ3n) is 6.78. The van der Waals surface area contributed by atoms with Crippen LogP contribution in [0, 0.1) is 5.92 Å². The van der Waals surface area contributed by atoms with Gasteiger partial charge < -0.3 is 19.7 Å². The van der Waals surface area contributed by atoms with E-state index in [2.05, 4.69) is 44.3 Å². The fraction of sp³-hybridized carbons (Fsp3) is 0.652. The zero-order valence-corrected chi connectivity index (χ0v) is 17.9. The van der Waals surface area contributed by atoms with E-state index in [1.165, 1.54) is 11.1 Å². The highest BCUT2D eigenvalue weighted by atomic mass is 16.6. The van der Waals surface area contributed by atoms with Gasteiger partial charge in [-0.05, 0) is 54.2 Å². The zero-order valence-electron chi connectivity index (χ0n) is 17.9. The second-order valence-corrected chi connectivity index (χ2v) is 9.90. The second-order valence-electron chi connectivity index (χ2n) is 9.90. The van der Waals surface area contributed by atoms with Crippen LogP contribution in [0.4, 0.5) is 4.79 Å². The molecule has 0 aromatic heterocycles. The van der Waals surface area contributed by atoms with Gasteiger partial charge in [-0.15, -0.1) is 0 Å². The number of nitrogens with one attached hydrogen (secondary N) is 1. The van der Waals surface area contributed by atoms with E-state index in [4.69, 9.17) is 9.47 Å². The van der Waals surface area contributed by atoms with Crippen molar-refractivity contribution in [2.24, 2.45) is 5.92 Å². The number of rotatable bonds is 3. The van der Waals surface area contributed by atoms with E-state index in [1.807, 2.05) is 4.90 Å². The van der Waals surface area contributed by atoms with Crippen LogP contribution in [0.1, 0.15) is 63.5 Å². The topological polar surface area (TPSA) is 67.9 Å². The Hall–Kier alpha value is -2.24. The molecule has 3 fully saturated rings. The van der Waals surface area contributed by atoms with Gasteiger partial charge in [-0.25, -0.2) is 4.79 Å². The molecule has 1 aliphatic carbocycles. The van der Waals surface area contributed by atoms with Gasteiger partial charge in [0, 0.05) is 19.0 Å². The summed E-state index contributed by atoms with van der Waals surface area (Å²) in [5.74, 6) is 1.65. The van der Waals surface area contributed by atoms with Gasteiger partial charge in [0.05, 0.1) is 12.6 Å². The Kier molecular flexibility index (Phi) is 4.99. The van der Waals surface area contributed by atoms with Crippen molar-refractivity contribution < 1.29 is 19.1 Å². The molecule has 1 aromatic carbocycles. The lowest BCUT2D eigenvalue weighted by Gasteiger charge is -2.45. The molecule has 0 bridgehead atoms. The van der Waals surface area contributed by atoms with Crippen LogP contribution in [0.3, 0.4) is 0 Å². The molecule has 158 valence electrons. The van der Waals surface area contributed by atoms with E-state index >= 15 is 0 Å². The average molecular weight is 401 g/mol. The van der Waals surface area contributed by atoms with E-state index in [1.54, 1.807) is 7.11 Å². The molecule has 29 heavy (non-hydrogen) atoms. The van der Waals surface area contributed by atoms with E-state index < -0.39 is 0 Å². The molecule has 0 atom stereocenters. The number of ether oxygens (including phenoxy) is 2. The van der Waals surface area contributed by atoms with Crippen LogP contribution in [-0.2, 0) is 14.9 Å². The first-order valence-corrected chi connectivity index (χ1v) is 10.6. The molecule has 1 saturated carbocycles. The van der Waals surface area contributed by atoms with E-state index in [0.717, 1.165) is 31.7 Å². The van der Waals surface area contributed by atoms with Crippen molar-refractivity contribution in [2.45, 2.75) is 63.3 Å². The highest BCUT2D eigenvalue weighted by Gasteiger charge is 2.53. The van der Waals surface area contributed by atoms with Gasteiger partial charge in [-0.3, -0.25) is 4.79 Å². The maximum Gasteiger partial charge on any atom is 0.407 e. The maximum absolute atomic E-state index is 12.9. The van der Waals surface area contributed by atoms with Crippen LogP contribution in [0.15, 0.2) is 18.2 Å². The molecule has 1 aromatic rings. The summed E-state index contributed by atoms with van der Waals surface area (Å²) >= 11 is 0. The summed E-state index contributed by atoms with van der Waals surface area (Å²) < 4.78 is 10.7. The Bertz CT molecular complexity index is 800. The van der Waals surface area contributed by atoms with Gasteiger partial charge in [-0.2, -0.15) is 0 Å². The average Bonchev–Trinajstić information content (AvgIpc) is 3.07. The number of benzene rings is 1. The summed E-state index contributed by atoms with van der Waals surface area (Å²) in [6.07, 6.45) is 2.99. The number of methoxy groups -OCH3 is 1. The first kappa shape index (κ1) is 20.0. The number of alkyl carbamates (subject to hydrolysis) is 1. The van der Waals surface area contributed by atoms with Crippen molar-refractivity contribution in [1.82, 2.24) is 10.2 Å². The van der Waals surface area contributed by atoms with Crippen molar-refractivity contribution >= 4 is 12.0 Å². The molecule has 4 rings (SSSR count). The van der Waals surface area contributed by atoms with Gasteiger partial charge in [0.2, 0.25) is 5.91 Å². The minimum absolute atomic E-state index is 0.0136. The van der Waals surface area contributed by atoms with Gasteiger partial charge in [0.15, 0.2) is 0 Å². The van der Waals surface area contributed by atoms with Crippen molar-refractivity contribution in [3.8, 4) is 5.75 Å². The molecule has 2 aliphatic heterocycles. The van der Waals surface area contributed by atoms with Crippen LogP contribution in [-0.4, -0.2) is 49.2 Å². The molecule has 2 amide bonds. The van der Waals surface area contributed by atoms with Gasteiger partial charge in [0.25, 0.3) is 0 Å². The summed E-state index contributed by atoms with van der Waals surface area (Å²) in [7, 11) is 1.73. The van der Waals surface area contributed by atoms with E-state index in [9.17, 15) is 9.59 Å². The van der Waals surface area contributed by atoms with Crippen molar-refractivity contribution in [3.63, 3.8) is 0 Å². The molecule has 6 heteroatoms. The number of cyclic esters (lactones) is 1. The lowest BCUT2D eigenvalue weighted by atomic mass is 9.68. The first-order valence-electron chi connectivity index (χ1n) is 10.6. The normalized spacial score (nSPS) is 27.4. The van der Waals surface area contributed by atoms with Gasteiger partial charge in [0.1, 0.15) is 12.4 Å². The lowest BCUT2D eigenvalue weighted by Crippen LogP contribution is -2.58. The molecule has 1 spiro atoms. The third-order valence-corrected chi connectivity index (χ3v) is 6.78. The minimum Gasteiger partial charge on any atom is -0.496 e. The monoisotopic (exact) mass is 400 g/mol. The van der Waals surface area contributed by atoms with Crippen LogP contribution >= 0.6 is 0 Å². The van der Waals surface area contributed by atoms with Crippen LogP contribution in [0.5, 0.6) is 5.75 Å². The fourth-order valence-electron chi connectivity index (χ4n) is 5.04. The highest BCUT2D eigenvalue weighted by Crippen LogP contribution is 2.42. The van der Waals surface area contributed by atoms with Crippen LogP contribution in [0.2, 0.25) is 0 Å². The van der Waals surface area contributed by atoms with Crippen LogP contribution < -0.4 is 10.1 Å². The molecule has 3 aliphatic rings. The SMILES string of the molecule is COc1cc(C2CCN(C(=O)[C@H]3C[C@]4(COC(=O)N4)C3)CC2)ccc1C(C)(C)C. The predicted molar refractivity (Wildman–Crippen MR) is 110 cm³/mol. The number of likely N-dealkylation sites (tertiary alicyclic amines) is 1. The van der Waals surface area contributed by atoms with Gasteiger partial charge >= 0.3 is 6.09 Å². The van der Waals surface area contributed by atoms with Crippen LogP contribution in [0.25, 0.3) is 0 Å². The largest absolute Gasteiger partial charge is 0.496 e. The molecule has 2 saturated heterocycles. The molecular formula is C23H32N2O4. The maximum atomic E-state index is 12.9. The highest BCUT2D eigenvalue weighted by molar-refractivity contribution is 5.81. The number of hydrogen-bond donors (Lipinski definition) is 1. The Morgan fingerprint density at radius 1 is 1.24 bits per heavy atom. The molecule has 6 nitrogen and oxygen atoms in total. The minimum atomic E-state index is -0.357. The van der Waals surface area contributed by atoms with Gasteiger partial charge in [-0.1, -0.05) is 32.9 Å². The quantitative estimate of drug-likeness (QED) is 0.842. The zero-order chi connectivity index (χ0) is 20.8. The Balaban J connectivity index is 1.34. The van der Waals surface area contributed by atoms with Crippen molar-refractivity contribution in [2.75, 3.05) is 26.8 Å². The molecule has 0 unspecified atom stereocenters. The van der Waals surface area contributed by atoms with Crippen molar-refractivity contribution in [3.05, 3.63) is 29.3 Å². The third kappa shape index (κ3) is 3.81. The smallest absolute Gasteiger partial charge is 0.407 e. The summed E-state index contributed by atoms with van der Waals surface area (Å²) in [6.45, 7) is 8.56. The molecule has 0 radical (unpaired) electrons. The first-order chi connectivity index (χ1) is 13.7. The van der Waals surface area contributed by atoms with Crippen molar-refractivity contribution in [1.29, 1.82) is 0 Å². The summed E-state index contributed by atoms with van der Waals surface area (Å²) in [4.78, 5) is 26.1. The second kappa shape index (κ2) is 7.22. The number of carbonyl (C=O) groups excluding carboxylic acids is 2. The number of piperidine rings is 1. The lowest BCUT2D eigenvalue weighted by molar-refractivity contribution is -0.142. The van der Waals surface area contributed by atoms with E-state index in [-0.39, 0.29) is 28.9 Å². The standard InChI is InChI=1S/C23H32N2O4/c1-22(2,3)18-6-5-16(11-19(18)28-4)15-7-9-25(10-8-15)20(26)17-12-23(13-17)14-29-21(27)24-23/h5-6,11,15,17H,7-10,12-14H2,1-4H3,(H,24,27)/t17-,23+. The Morgan fingerprint density at radius 3 is 2.48 bits per heavy atom. The predicted octanol–water partition coefficient (Wildman–Crippen LogP) is 3.59. The number of carbonyl (C=O) groups is 2. The Morgan fingerprint density at radius 2 is 1.93 bits per heavy atom. The number of nitrogens with zero attached hydrogens (tertiary/aromatic N) is 1. The summed E-state index contributed by atoms with van der Waals surface area (Å²) in [6, 6.07) is 6.60. The number of amides is 2. The number of hydrogen-bond acceptors (Lipinski definition) is 4. The molecule has 2 heterocycles. The summed E-state index contributed by atoms with van der Waals surface area (Å²) in [5.41, 5.74) is 2.28.